The van der Waals surface area contributed by atoms with Gasteiger partial charge in [0.2, 0.25) is 5.82 Å². The molecule has 0 bridgehead atoms. The van der Waals surface area contributed by atoms with Crippen LogP contribution in [0.2, 0.25) is 0 Å². The molecule has 34 heavy (non-hydrogen) atoms. The Hall–Kier alpha value is -4.06. The summed E-state index contributed by atoms with van der Waals surface area (Å²) in [5.74, 6) is 2.15. The van der Waals surface area contributed by atoms with Gasteiger partial charge in [-0.15, -0.1) is 10.2 Å². The number of rotatable bonds is 6. The summed E-state index contributed by atoms with van der Waals surface area (Å²) in [7, 11) is 0. The maximum Gasteiger partial charge on any atom is 0.204 e. The zero-order valence-corrected chi connectivity index (χ0v) is 18.8. The average molecular weight is 448 g/mol. The van der Waals surface area contributed by atoms with E-state index in [0.29, 0.717) is 18.3 Å². The van der Waals surface area contributed by atoms with Crippen molar-refractivity contribution in [1.82, 2.24) is 25.6 Å². The number of para-hydroxylation sites is 1. The quantitative estimate of drug-likeness (QED) is 0.380. The lowest BCUT2D eigenvalue weighted by atomic mass is 9.80. The molecule has 0 saturated heterocycles. The third-order valence-electron chi connectivity index (χ3n) is 6.61. The number of nitrogens with zero attached hydrogens (tertiary/aromatic N) is 4. The van der Waals surface area contributed by atoms with Crippen molar-refractivity contribution in [2.24, 2.45) is 5.92 Å². The Morgan fingerprint density at radius 2 is 1.88 bits per heavy atom. The van der Waals surface area contributed by atoms with E-state index < -0.39 is 0 Å². The first-order valence-corrected chi connectivity index (χ1v) is 11.7. The number of aromatic amines is 1. The summed E-state index contributed by atoms with van der Waals surface area (Å²) in [6.45, 7) is 0.468. The molecule has 1 atom stereocenters. The van der Waals surface area contributed by atoms with Crippen LogP contribution in [0.1, 0.15) is 28.8 Å². The second-order valence-electron chi connectivity index (χ2n) is 8.96. The van der Waals surface area contributed by atoms with Crippen molar-refractivity contribution >= 4 is 10.9 Å². The lowest BCUT2D eigenvalue weighted by Crippen LogP contribution is -2.16. The topological polar surface area (TPSA) is 76.6 Å². The Bertz CT molecular complexity index is 1430. The predicted octanol–water partition coefficient (Wildman–Crippen LogP) is 5.34. The number of aromatic nitrogens is 5. The van der Waals surface area contributed by atoms with Gasteiger partial charge in [0.1, 0.15) is 12.4 Å². The highest BCUT2D eigenvalue weighted by molar-refractivity contribution is 5.78. The summed E-state index contributed by atoms with van der Waals surface area (Å²) in [6.07, 6.45) is 4.40. The molecule has 6 rings (SSSR count). The molecule has 6 nitrogen and oxygen atoms in total. The monoisotopic (exact) mass is 447 g/mol. The van der Waals surface area contributed by atoms with Gasteiger partial charge >= 0.3 is 0 Å². The van der Waals surface area contributed by atoms with E-state index in [1.807, 2.05) is 30.3 Å². The number of ether oxygens (including phenoxy) is 1. The Morgan fingerprint density at radius 1 is 0.912 bits per heavy atom. The van der Waals surface area contributed by atoms with Crippen LogP contribution in [0.15, 0.2) is 78.9 Å². The first kappa shape index (κ1) is 20.5. The van der Waals surface area contributed by atoms with Crippen LogP contribution in [0.25, 0.3) is 22.3 Å². The molecule has 2 heterocycles. The maximum absolute atomic E-state index is 6.13. The normalized spacial score (nSPS) is 15.2. The van der Waals surface area contributed by atoms with Crippen LogP contribution >= 0.6 is 0 Å². The van der Waals surface area contributed by atoms with Crippen LogP contribution in [0.5, 0.6) is 5.75 Å². The SMILES string of the molecule is c1cc(CC2CCc3ccc(OCc4ccc5ccccc5n4)cc3C2)cc(-c2nn[nH]n2)c1. The van der Waals surface area contributed by atoms with Crippen molar-refractivity contribution < 1.29 is 4.74 Å². The summed E-state index contributed by atoms with van der Waals surface area (Å²) in [4.78, 5) is 4.72. The fourth-order valence-corrected chi connectivity index (χ4v) is 4.87. The standard InChI is InChI=1S/C28H25N5O/c1-2-7-27-22(5-1)10-12-25(29-27)18-34-26-13-11-21-9-8-20(16-24(21)17-26)14-19-4-3-6-23(15-19)28-30-32-33-31-28/h1-7,10-13,15,17,20H,8-9,14,16,18H2,(H,30,31,32,33). The van der Waals surface area contributed by atoms with Gasteiger partial charge in [-0.2, -0.15) is 5.21 Å². The molecular formula is C28H25N5O. The average Bonchev–Trinajstić information content (AvgIpc) is 3.43. The van der Waals surface area contributed by atoms with Crippen LogP contribution in [0.4, 0.5) is 0 Å². The highest BCUT2D eigenvalue weighted by Gasteiger charge is 2.20. The molecule has 0 fully saturated rings. The summed E-state index contributed by atoms with van der Waals surface area (Å²) in [5.41, 5.74) is 7.09. The summed E-state index contributed by atoms with van der Waals surface area (Å²) < 4.78 is 6.13. The number of H-pyrrole nitrogens is 1. The third-order valence-corrected chi connectivity index (χ3v) is 6.61. The van der Waals surface area contributed by atoms with Crippen molar-refractivity contribution in [3.63, 3.8) is 0 Å². The summed E-state index contributed by atoms with van der Waals surface area (Å²) in [5, 5.41) is 15.6. The molecule has 3 aromatic carbocycles. The molecule has 1 unspecified atom stereocenters. The van der Waals surface area contributed by atoms with Crippen molar-refractivity contribution in [3.05, 3.63) is 101 Å². The van der Waals surface area contributed by atoms with Gasteiger partial charge in [0, 0.05) is 10.9 Å². The molecule has 5 aromatic rings. The molecule has 168 valence electrons. The van der Waals surface area contributed by atoms with Gasteiger partial charge in [-0.1, -0.05) is 48.5 Å². The Morgan fingerprint density at radius 3 is 2.82 bits per heavy atom. The van der Waals surface area contributed by atoms with Crippen molar-refractivity contribution in [2.45, 2.75) is 32.3 Å². The maximum atomic E-state index is 6.13. The predicted molar refractivity (Wildman–Crippen MR) is 131 cm³/mol. The Kier molecular flexibility index (Phi) is 5.47. The minimum Gasteiger partial charge on any atom is -0.487 e. The fraction of sp³-hybridized carbons (Fsp3) is 0.214. The number of pyridine rings is 1. The van der Waals surface area contributed by atoms with Gasteiger partial charge in [-0.05, 0) is 83.8 Å². The van der Waals surface area contributed by atoms with Crippen LogP contribution in [-0.4, -0.2) is 25.6 Å². The first-order chi connectivity index (χ1) is 16.8. The van der Waals surface area contributed by atoms with Crippen molar-refractivity contribution in [2.75, 3.05) is 0 Å². The first-order valence-electron chi connectivity index (χ1n) is 11.7. The molecule has 0 saturated carbocycles. The van der Waals surface area contributed by atoms with E-state index in [0.717, 1.165) is 47.2 Å². The number of hydrogen-bond acceptors (Lipinski definition) is 5. The van der Waals surface area contributed by atoms with E-state index in [4.69, 9.17) is 9.72 Å². The molecule has 0 radical (unpaired) electrons. The van der Waals surface area contributed by atoms with Gasteiger partial charge in [-0.3, -0.25) is 0 Å². The van der Waals surface area contributed by atoms with Crippen LogP contribution in [-0.2, 0) is 25.9 Å². The van der Waals surface area contributed by atoms with Gasteiger partial charge in [-0.25, -0.2) is 4.98 Å². The molecular weight excluding hydrogens is 422 g/mol. The van der Waals surface area contributed by atoms with Gasteiger partial charge < -0.3 is 4.74 Å². The van der Waals surface area contributed by atoms with Crippen LogP contribution < -0.4 is 4.74 Å². The largest absolute Gasteiger partial charge is 0.487 e. The van der Waals surface area contributed by atoms with Crippen molar-refractivity contribution in [1.29, 1.82) is 0 Å². The summed E-state index contributed by atoms with van der Waals surface area (Å²) in [6, 6.07) is 27.3. The third kappa shape index (κ3) is 4.39. The molecule has 0 spiro atoms. The Balaban J connectivity index is 1.13. The number of nitrogens with one attached hydrogen (secondary N) is 1. The molecule has 1 N–H and O–H groups in total. The molecule has 1 aliphatic rings. The van der Waals surface area contributed by atoms with E-state index in [2.05, 4.69) is 69.2 Å². The van der Waals surface area contributed by atoms with Crippen LogP contribution in [0, 0.1) is 5.92 Å². The van der Waals surface area contributed by atoms with E-state index in [-0.39, 0.29) is 0 Å². The van der Waals surface area contributed by atoms with E-state index in [1.165, 1.54) is 23.1 Å². The minimum atomic E-state index is 0.468. The van der Waals surface area contributed by atoms with E-state index >= 15 is 0 Å². The van der Waals surface area contributed by atoms with Gasteiger partial charge in [0.05, 0.1) is 11.2 Å². The second-order valence-corrected chi connectivity index (χ2v) is 8.96. The number of fused-ring (bicyclic) bond motifs is 2. The smallest absolute Gasteiger partial charge is 0.204 e. The zero-order chi connectivity index (χ0) is 22.7. The number of hydrogen-bond donors (Lipinski definition) is 1. The van der Waals surface area contributed by atoms with Crippen molar-refractivity contribution in [3.8, 4) is 17.1 Å². The van der Waals surface area contributed by atoms with Gasteiger partial charge in [0.15, 0.2) is 0 Å². The highest BCUT2D eigenvalue weighted by atomic mass is 16.5. The molecule has 1 aliphatic carbocycles. The van der Waals surface area contributed by atoms with E-state index in [9.17, 15) is 0 Å². The van der Waals surface area contributed by atoms with E-state index in [1.54, 1.807) is 0 Å². The molecule has 6 heteroatoms. The summed E-state index contributed by atoms with van der Waals surface area (Å²) >= 11 is 0. The fourth-order valence-electron chi connectivity index (χ4n) is 4.87. The molecule has 0 amide bonds. The lowest BCUT2D eigenvalue weighted by Gasteiger charge is -2.25. The molecule has 0 aliphatic heterocycles. The van der Waals surface area contributed by atoms with Gasteiger partial charge in [0.25, 0.3) is 0 Å². The minimum absolute atomic E-state index is 0.468. The molecule has 2 aromatic heterocycles. The highest BCUT2D eigenvalue weighted by Crippen LogP contribution is 2.31. The van der Waals surface area contributed by atoms with Crippen LogP contribution in [0.3, 0.4) is 0 Å². The second kappa shape index (κ2) is 9.06. The number of tetrazole rings is 1. The number of aryl methyl sites for hydroxylation is 1. The zero-order valence-electron chi connectivity index (χ0n) is 18.8. The number of benzene rings is 3. The lowest BCUT2D eigenvalue weighted by molar-refractivity contribution is 0.301. The Labute approximate surface area is 198 Å².